The second-order valence-electron chi connectivity index (χ2n) is 8.21. The Labute approximate surface area is 170 Å². The van der Waals surface area contributed by atoms with Crippen molar-refractivity contribution >= 4 is 11.6 Å². The number of amides is 1. The molecule has 5 nitrogen and oxygen atoms in total. The van der Waals surface area contributed by atoms with E-state index in [4.69, 9.17) is 0 Å². The first-order valence-corrected chi connectivity index (χ1v) is 10.5. The van der Waals surface area contributed by atoms with E-state index in [9.17, 15) is 9.90 Å². The SMILES string of the molecule is O=C1C(Cc2ccc(O)cc2)NC2=C(C3CCCC3)[NH+]=C(c3ccccc3)CN12. The summed E-state index contributed by atoms with van der Waals surface area (Å²) in [5.74, 6) is 1.80. The molecule has 2 aromatic carbocycles. The monoisotopic (exact) mass is 388 g/mol. The van der Waals surface area contributed by atoms with Crippen molar-refractivity contribution in [1.82, 2.24) is 10.2 Å². The highest BCUT2D eigenvalue weighted by molar-refractivity contribution is 6.01. The van der Waals surface area contributed by atoms with Crippen LogP contribution in [0, 0.1) is 5.92 Å². The number of rotatable bonds is 4. The van der Waals surface area contributed by atoms with E-state index in [0.29, 0.717) is 18.9 Å². The Kier molecular flexibility index (Phi) is 4.58. The zero-order valence-corrected chi connectivity index (χ0v) is 16.4. The molecule has 29 heavy (non-hydrogen) atoms. The van der Waals surface area contributed by atoms with Crippen molar-refractivity contribution in [3.05, 3.63) is 77.2 Å². The number of allylic oxidation sites excluding steroid dienone is 1. The number of phenols is 1. The Morgan fingerprint density at radius 1 is 1.03 bits per heavy atom. The van der Waals surface area contributed by atoms with E-state index in [-0.39, 0.29) is 17.7 Å². The van der Waals surface area contributed by atoms with E-state index in [1.165, 1.54) is 31.4 Å². The maximum absolute atomic E-state index is 13.3. The summed E-state index contributed by atoms with van der Waals surface area (Å²) in [7, 11) is 0. The molecule has 2 aliphatic heterocycles. The molecule has 1 amide bonds. The van der Waals surface area contributed by atoms with E-state index in [1.54, 1.807) is 12.1 Å². The number of carbonyl (C=O) groups is 1. The van der Waals surface area contributed by atoms with Gasteiger partial charge in [0.05, 0.1) is 0 Å². The van der Waals surface area contributed by atoms with E-state index in [1.807, 2.05) is 35.2 Å². The second-order valence-corrected chi connectivity index (χ2v) is 8.21. The summed E-state index contributed by atoms with van der Waals surface area (Å²) < 4.78 is 0. The van der Waals surface area contributed by atoms with Gasteiger partial charge in [0.2, 0.25) is 11.4 Å². The van der Waals surface area contributed by atoms with Crippen LogP contribution in [0.25, 0.3) is 0 Å². The van der Waals surface area contributed by atoms with Crippen LogP contribution in [-0.4, -0.2) is 34.2 Å². The number of fused-ring (bicyclic) bond motifs is 1. The lowest BCUT2D eigenvalue weighted by atomic mass is 10.0. The molecule has 1 aliphatic carbocycles. The molecule has 148 valence electrons. The number of aromatic hydroxyl groups is 1. The smallest absolute Gasteiger partial charge is 0.251 e. The molecule has 5 heteroatoms. The fourth-order valence-electron chi connectivity index (χ4n) is 4.72. The minimum absolute atomic E-state index is 0.124. The first-order chi connectivity index (χ1) is 14.2. The van der Waals surface area contributed by atoms with Gasteiger partial charge in [-0.05, 0) is 42.7 Å². The molecule has 1 saturated carbocycles. The predicted molar refractivity (Wildman–Crippen MR) is 111 cm³/mol. The molecule has 3 N–H and O–H groups in total. The molecule has 5 rings (SSSR count). The standard InChI is InChI=1S/C24H25N3O2/c28-19-12-10-16(11-13-19)14-20-24(29)27-15-21(17-6-2-1-3-7-17)25-22(23(27)26-20)18-8-4-5-9-18/h1-3,6-7,10-13,18,20,26,28H,4-5,8-9,14-15H2/p+1. The zero-order valence-electron chi connectivity index (χ0n) is 16.4. The summed E-state index contributed by atoms with van der Waals surface area (Å²) in [4.78, 5) is 18.9. The molecule has 3 aliphatic rings. The van der Waals surface area contributed by atoms with Crippen LogP contribution < -0.4 is 10.3 Å². The molecule has 1 unspecified atom stereocenters. The highest BCUT2D eigenvalue weighted by atomic mass is 16.3. The van der Waals surface area contributed by atoms with Gasteiger partial charge in [0, 0.05) is 17.9 Å². The highest BCUT2D eigenvalue weighted by Crippen LogP contribution is 2.32. The molecule has 1 atom stereocenters. The Bertz CT molecular complexity index is 973. The quantitative estimate of drug-likeness (QED) is 0.747. The van der Waals surface area contributed by atoms with Gasteiger partial charge >= 0.3 is 0 Å². The number of hydrogen-bond acceptors (Lipinski definition) is 3. The Hall–Kier alpha value is -3.08. The first-order valence-electron chi connectivity index (χ1n) is 10.5. The van der Waals surface area contributed by atoms with Crippen LogP contribution in [0.3, 0.4) is 0 Å². The molecule has 2 aromatic rings. The number of phenolic OH excluding ortho intramolecular Hbond substituents is 1. The topological polar surface area (TPSA) is 66.5 Å². The van der Waals surface area contributed by atoms with Gasteiger partial charge in [-0.3, -0.25) is 9.69 Å². The summed E-state index contributed by atoms with van der Waals surface area (Å²) in [6.07, 6.45) is 5.43. The van der Waals surface area contributed by atoms with Crippen molar-refractivity contribution in [2.45, 2.75) is 38.1 Å². The fourth-order valence-corrected chi connectivity index (χ4v) is 4.72. The van der Waals surface area contributed by atoms with Gasteiger partial charge in [-0.25, -0.2) is 4.99 Å². The summed E-state index contributed by atoms with van der Waals surface area (Å²) in [5, 5.41) is 13.0. The van der Waals surface area contributed by atoms with Crippen molar-refractivity contribution in [2.75, 3.05) is 6.54 Å². The Balaban J connectivity index is 1.47. The van der Waals surface area contributed by atoms with Gasteiger partial charge in [-0.2, -0.15) is 0 Å². The Morgan fingerprint density at radius 2 is 1.76 bits per heavy atom. The van der Waals surface area contributed by atoms with Crippen LogP contribution in [-0.2, 0) is 11.2 Å². The summed E-state index contributed by atoms with van der Waals surface area (Å²) >= 11 is 0. The second kappa shape index (κ2) is 7.39. The largest absolute Gasteiger partial charge is 0.508 e. The van der Waals surface area contributed by atoms with Crippen molar-refractivity contribution in [3.8, 4) is 5.75 Å². The fraction of sp³-hybridized carbons (Fsp3) is 0.333. The van der Waals surface area contributed by atoms with E-state index in [2.05, 4.69) is 22.4 Å². The van der Waals surface area contributed by atoms with Crippen LogP contribution in [0.1, 0.15) is 36.8 Å². The maximum Gasteiger partial charge on any atom is 0.251 e. The number of nitrogens with one attached hydrogen (secondary N) is 2. The normalized spacial score (nSPS) is 21.9. The van der Waals surface area contributed by atoms with Gasteiger partial charge in [0.1, 0.15) is 18.3 Å². The first kappa shape index (κ1) is 18.0. The average Bonchev–Trinajstić information content (AvgIpc) is 3.39. The van der Waals surface area contributed by atoms with Gasteiger partial charge in [0.15, 0.2) is 5.82 Å². The van der Waals surface area contributed by atoms with Crippen LogP contribution in [0.15, 0.2) is 66.1 Å². The molecule has 0 radical (unpaired) electrons. The van der Waals surface area contributed by atoms with Crippen molar-refractivity contribution in [2.24, 2.45) is 5.92 Å². The van der Waals surface area contributed by atoms with Crippen molar-refractivity contribution in [1.29, 1.82) is 0 Å². The third-order valence-electron chi connectivity index (χ3n) is 6.26. The summed E-state index contributed by atoms with van der Waals surface area (Å²) in [6.45, 7) is 0.563. The molecule has 1 saturated heterocycles. The molecule has 0 spiro atoms. The van der Waals surface area contributed by atoms with E-state index < -0.39 is 0 Å². The molecule has 0 bridgehead atoms. The number of hydrogen-bond donors (Lipinski definition) is 3. The molecular formula is C24H26N3O2+. The van der Waals surface area contributed by atoms with Gasteiger partial charge in [0.25, 0.3) is 5.91 Å². The third-order valence-corrected chi connectivity index (χ3v) is 6.26. The number of carbonyl (C=O) groups excluding carboxylic acids is 1. The van der Waals surface area contributed by atoms with Crippen LogP contribution in [0.4, 0.5) is 0 Å². The lowest BCUT2D eigenvalue weighted by molar-refractivity contribution is -0.414. The minimum atomic E-state index is -0.275. The lowest BCUT2D eigenvalue weighted by Gasteiger charge is -2.22. The minimum Gasteiger partial charge on any atom is -0.508 e. The van der Waals surface area contributed by atoms with Crippen LogP contribution in [0.5, 0.6) is 5.75 Å². The lowest BCUT2D eigenvalue weighted by Crippen LogP contribution is -2.77. The number of benzene rings is 2. The van der Waals surface area contributed by atoms with Crippen LogP contribution in [0.2, 0.25) is 0 Å². The van der Waals surface area contributed by atoms with Gasteiger partial charge in [-0.1, -0.05) is 43.2 Å². The average molecular weight is 388 g/mol. The van der Waals surface area contributed by atoms with E-state index >= 15 is 0 Å². The summed E-state index contributed by atoms with van der Waals surface area (Å²) in [6, 6.07) is 17.1. The maximum atomic E-state index is 13.3. The van der Waals surface area contributed by atoms with Gasteiger partial charge in [-0.15, -0.1) is 0 Å². The third kappa shape index (κ3) is 3.41. The van der Waals surface area contributed by atoms with Crippen molar-refractivity contribution < 1.29 is 14.9 Å². The van der Waals surface area contributed by atoms with E-state index in [0.717, 1.165) is 22.7 Å². The molecule has 2 heterocycles. The zero-order chi connectivity index (χ0) is 19.8. The molecule has 0 aromatic heterocycles. The van der Waals surface area contributed by atoms with Crippen LogP contribution >= 0.6 is 0 Å². The highest BCUT2D eigenvalue weighted by Gasteiger charge is 2.44. The predicted octanol–water partition coefficient (Wildman–Crippen LogP) is 1.68. The summed E-state index contributed by atoms with van der Waals surface area (Å²) in [5.41, 5.74) is 4.44. The van der Waals surface area contributed by atoms with Crippen molar-refractivity contribution in [3.63, 3.8) is 0 Å². The molecule has 2 fully saturated rings. The number of nitrogens with zero attached hydrogens (tertiary/aromatic N) is 1. The van der Waals surface area contributed by atoms with Gasteiger partial charge < -0.3 is 10.4 Å². The Morgan fingerprint density at radius 3 is 2.48 bits per heavy atom. The molecular weight excluding hydrogens is 362 g/mol.